The van der Waals surface area contributed by atoms with Crippen molar-refractivity contribution in [3.8, 4) is 11.5 Å². The molecule has 0 saturated carbocycles. The average Bonchev–Trinajstić information content (AvgIpc) is 3.53. The second kappa shape index (κ2) is 7.18. The number of carbonyl (C=O) groups excluding carboxylic acids is 3. The number of aliphatic hydroxyl groups is 1. The summed E-state index contributed by atoms with van der Waals surface area (Å²) in [6.07, 6.45) is -0.973. The number of imide groups is 1. The number of carbonyl (C=O) groups is 3. The zero-order valence-corrected chi connectivity index (χ0v) is 19.2. The van der Waals surface area contributed by atoms with Crippen LogP contribution in [0.15, 0.2) is 30.3 Å². The molecule has 2 saturated heterocycles. The Bertz CT molecular complexity index is 1280. The van der Waals surface area contributed by atoms with Crippen molar-refractivity contribution in [2.45, 2.75) is 38.1 Å². The average molecular weight is 484 g/mol. The summed E-state index contributed by atoms with van der Waals surface area (Å²) in [7, 11) is 0. The third kappa shape index (κ3) is 2.65. The summed E-state index contributed by atoms with van der Waals surface area (Å²) in [5, 5.41) is 17.1. The first-order valence-corrected chi connectivity index (χ1v) is 11.4. The van der Waals surface area contributed by atoms with E-state index in [1.165, 1.54) is 4.90 Å². The zero-order chi connectivity index (χ0) is 23.9. The van der Waals surface area contributed by atoms with Gasteiger partial charge < -0.3 is 19.9 Å². The van der Waals surface area contributed by atoms with Crippen LogP contribution in [0.2, 0.25) is 5.02 Å². The minimum Gasteiger partial charge on any atom is -0.454 e. The predicted molar refractivity (Wildman–Crippen MR) is 120 cm³/mol. The number of rotatable bonds is 3. The fourth-order valence-corrected chi connectivity index (χ4v) is 5.93. The molecule has 2 fully saturated rings. The maximum atomic E-state index is 13.8. The molecule has 4 aliphatic heterocycles. The van der Waals surface area contributed by atoms with Crippen molar-refractivity contribution in [1.29, 1.82) is 0 Å². The highest BCUT2D eigenvalue weighted by atomic mass is 35.5. The molecule has 2 aromatic rings. The second-order valence-corrected chi connectivity index (χ2v) is 9.63. The summed E-state index contributed by atoms with van der Waals surface area (Å²) in [5.41, 5.74) is 0.985. The van der Waals surface area contributed by atoms with E-state index in [-0.39, 0.29) is 13.3 Å². The smallest absolute Gasteiger partial charge is 0.250 e. The molecule has 34 heavy (non-hydrogen) atoms. The lowest BCUT2D eigenvalue weighted by Gasteiger charge is -2.30. The summed E-state index contributed by atoms with van der Waals surface area (Å²) >= 11 is 6.27. The van der Waals surface area contributed by atoms with E-state index >= 15 is 0 Å². The molecule has 3 N–H and O–H groups in total. The van der Waals surface area contributed by atoms with Crippen molar-refractivity contribution in [3.63, 3.8) is 0 Å². The second-order valence-electron chi connectivity index (χ2n) is 9.22. The Morgan fingerprint density at radius 1 is 1.18 bits per heavy atom. The van der Waals surface area contributed by atoms with Gasteiger partial charge in [0.2, 0.25) is 24.5 Å². The number of benzene rings is 2. The van der Waals surface area contributed by atoms with Crippen LogP contribution < -0.4 is 20.1 Å². The van der Waals surface area contributed by atoms with Crippen molar-refractivity contribution >= 4 is 35.0 Å². The fraction of sp³-hybridized carbons (Fsp3) is 0.375. The lowest BCUT2D eigenvalue weighted by Crippen LogP contribution is -2.54. The number of nitrogens with one attached hydrogen (secondary N) is 2. The van der Waals surface area contributed by atoms with Gasteiger partial charge in [-0.3, -0.25) is 24.6 Å². The third-order valence-corrected chi connectivity index (χ3v) is 7.82. The van der Waals surface area contributed by atoms with Gasteiger partial charge in [0, 0.05) is 16.6 Å². The Balaban J connectivity index is 1.43. The number of ether oxygens (including phenoxy) is 2. The number of hydrogen-bond acceptors (Lipinski definition) is 7. The lowest BCUT2D eigenvalue weighted by atomic mass is 9.76. The van der Waals surface area contributed by atoms with E-state index < -0.39 is 47.2 Å². The SMILES string of the molecule is Cc1c(Cl)ccc2c1NC(=O)[C@@]21N[C@H]([C@H](C)O)[C@H]2C(=O)N(Cc3ccc4c(c3)OCO4)C(=O)[C@H]21. The highest BCUT2D eigenvalue weighted by molar-refractivity contribution is 6.32. The number of nitrogens with zero attached hydrogens (tertiary/aromatic N) is 1. The van der Waals surface area contributed by atoms with Gasteiger partial charge in [-0.1, -0.05) is 23.7 Å². The molecule has 0 aromatic heterocycles. The molecular weight excluding hydrogens is 462 g/mol. The molecule has 0 radical (unpaired) electrons. The maximum absolute atomic E-state index is 13.8. The quantitative estimate of drug-likeness (QED) is 0.568. The Morgan fingerprint density at radius 2 is 1.94 bits per heavy atom. The first kappa shape index (κ1) is 21.4. The van der Waals surface area contributed by atoms with Crippen LogP contribution in [0.5, 0.6) is 11.5 Å². The molecular formula is C24H22ClN3O6. The Kier molecular flexibility index (Phi) is 4.52. The number of anilines is 1. The predicted octanol–water partition coefficient (Wildman–Crippen LogP) is 1.68. The molecule has 176 valence electrons. The summed E-state index contributed by atoms with van der Waals surface area (Å²) in [5.74, 6) is -2.06. The number of likely N-dealkylation sites (tertiary alicyclic amines) is 1. The first-order chi connectivity index (χ1) is 16.2. The largest absolute Gasteiger partial charge is 0.454 e. The van der Waals surface area contributed by atoms with E-state index in [9.17, 15) is 19.5 Å². The van der Waals surface area contributed by atoms with Crippen LogP contribution in [0.3, 0.4) is 0 Å². The highest BCUT2D eigenvalue weighted by Crippen LogP contribution is 2.54. The van der Waals surface area contributed by atoms with Gasteiger partial charge in [0.05, 0.1) is 30.2 Å². The van der Waals surface area contributed by atoms with Gasteiger partial charge in [-0.2, -0.15) is 0 Å². The molecule has 4 aliphatic rings. The summed E-state index contributed by atoms with van der Waals surface area (Å²) in [4.78, 5) is 42.0. The van der Waals surface area contributed by atoms with Crippen molar-refractivity contribution in [2.24, 2.45) is 11.8 Å². The molecule has 5 atom stereocenters. The van der Waals surface area contributed by atoms with Gasteiger partial charge in [-0.15, -0.1) is 0 Å². The molecule has 1 spiro atoms. The van der Waals surface area contributed by atoms with Gasteiger partial charge in [-0.05, 0) is 43.2 Å². The number of halogens is 1. The molecule has 6 rings (SSSR count). The zero-order valence-electron chi connectivity index (χ0n) is 18.4. The normalized spacial score (nSPS) is 29.6. The minimum absolute atomic E-state index is 0.0258. The summed E-state index contributed by atoms with van der Waals surface area (Å²) < 4.78 is 10.7. The van der Waals surface area contributed by atoms with E-state index in [0.29, 0.717) is 38.9 Å². The standard InChI is InChI=1S/C24H22ClN3O6/c1-10-14(25)5-4-13-19(10)26-23(32)24(13)18-17(20(27-24)11(2)29)21(30)28(22(18)31)8-12-3-6-15-16(7-12)34-9-33-15/h3-7,11,17-18,20,27,29H,8-9H2,1-2H3,(H,26,32)/t11-,17-,18-,20+,24+/m0/s1. The van der Waals surface area contributed by atoms with Gasteiger partial charge in [0.25, 0.3) is 0 Å². The topological polar surface area (TPSA) is 117 Å². The van der Waals surface area contributed by atoms with Gasteiger partial charge >= 0.3 is 0 Å². The van der Waals surface area contributed by atoms with Crippen LogP contribution in [0.4, 0.5) is 5.69 Å². The Labute approximate surface area is 200 Å². The van der Waals surface area contributed by atoms with Gasteiger partial charge in [0.15, 0.2) is 11.5 Å². The van der Waals surface area contributed by atoms with Gasteiger partial charge in [-0.25, -0.2) is 0 Å². The van der Waals surface area contributed by atoms with Crippen molar-refractivity contribution in [3.05, 3.63) is 52.0 Å². The minimum atomic E-state index is -1.48. The first-order valence-electron chi connectivity index (χ1n) is 11.0. The fourth-order valence-electron chi connectivity index (χ4n) is 5.77. The number of aliphatic hydroxyl groups excluding tert-OH is 1. The molecule has 10 heteroatoms. The monoisotopic (exact) mass is 483 g/mol. The molecule has 0 bridgehead atoms. The Hall–Kier alpha value is -3.14. The Morgan fingerprint density at radius 3 is 2.71 bits per heavy atom. The summed E-state index contributed by atoms with van der Waals surface area (Å²) in [6.45, 7) is 3.48. The molecule has 4 heterocycles. The molecule has 0 unspecified atom stereocenters. The molecule has 0 aliphatic carbocycles. The third-order valence-electron chi connectivity index (χ3n) is 7.41. The van der Waals surface area contributed by atoms with E-state index in [1.807, 2.05) is 0 Å². The van der Waals surface area contributed by atoms with Crippen LogP contribution in [-0.4, -0.2) is 46.7 Å². The maximum Gasteiger partial charge on any atom is 0.250 e. The van der Waals surface area contributed by atoms with E-state index in [0.717, 1.165) is 0 Å². The van der Waals surface area contributed by atoms with E-state index in [4.69, 9.17) is 21.1 Å². The van der Waals surface area contributed by atoms with Gasteiger partial charge in [0.1, 0.15) is 5.54 Å². The summed E-state index contributed by atoms with van der Waals surface area (Å²) in [6, 6.07) is 7.84. The van der Waals surface area contributed by atoms with Crippen molar-refractivity contribution in [1.82, 2.24) is 10.2 Å². The number of fused-ring (bicyclic) bond motifs is 5. The number of amides is 3. The van der Waals surface area contributed by atoms with Crippen molar-refractivity contribution < 1.29 is 29.0 Å². The highest BCUT2D eigenvalue weighted by Gasteiger charge is 2.71. The van der Waals surface area contributed by atoms with Crippen molar-refractivity contribution in [2.75, 3.05) is 12.1 Å². The van der Waals surface area contributed by atoms with Crippen LogP contribution >= 0.6 is 11.6 Å². The van der Waals surface area contributed by atoms with E-state index in [1.54, 1.807) is 44.2 Å². The van der Waals surface area contributed by atoms with Crippen LogP contribution in [0.1, 0.15) is 23.6 Å². The molecule has 9 nitrogen and oxygen atoms in total. The molecule has 2 aromatic carbocycles. The van der Waals surface area contributed by atoms with E-state index in [2.05, 4.69) is 10.6 Å². The van der Waals surface area contributed by atoms with Crippen LogP contribution in [0, 0.1) is 18.8 Å². The molecule has 3 amide bonds. The number of hydrogen-bond donors (Lipinski definition) is 3. The van der Waals surface area contributed by atoms with Crippen LogP contribution in [-0.2, 0) is 26.5 Å². The van der Waals surface area contributed by atoms with Crippen LogP contribution in [0.25, 0.3) is 0 Å². The lowest BCUT2D eigenvalue weighted by molar-refractivity contribution is -0.143.